The van der Waals surface area contributed by atoms with Crippen LogP contribution in [0.15, 0.2) is 0 Å². The lowest BCUT2D eigenvalue weighted by molar-refractivity contribution is -0.138. The van der Waals surface area contributed by atoms with Gasteiger partial charge in [-0.3, -0.25) is 0 Å². The van der Waals surface area contributed by atoms with Crippen LogP contribution < -0.4 is 0 Å². The second-order valence-corrected chi connectivity index (χ2v) is 1.24. The molecule has 0 aliphatic carbocycles. The van der Waals surface area contributed by atoms with Crippen LogP contribution in [0.5, 0.6) is 0 Å². The summed E-state index contributed by atoms with van der Waals surface area (Å²) in [5.41, 5.74) is 0. The van der Waals surface area contributed by atoms with Gasteiger partial charge in [0.05, 0.1) is 0 Å². The molecule has 0 N–H and O–H groups in total. The summed E-state index contributed by atoms with van der Waals surface area (Å²) in [5, 5.41) is 9.43. The molecule has 0 spiro atoms. The number of hydrogen-bond donors (Lipinski definition) is 0. The topological polar surface area (TPSA) is 19.9 Å². The molecule has 0 aromatic rings. The smallest absolute Gasteiger partial charge is 0.245 e. The molecule has 0 rings (SSSR count). The van der Waals surface area contributed by atoms with Crippen LogP contribution in [-0.4, -0.2) is 12.5 Å². The molecule has 0 bridgehead atoms. The van der Waals surface area contributed by atoms with Crippen molar-refractivity contribution in [3.05, 3.63) is 0 Å². The minimum Gasteiger partial charge on any atom is -0.245 e. The van der Waals surface area contributed by atoms with E-state index in [2.05, 4.69) is 0 Å². The van der Waals surface area contributed by atoms with Gasteiger partial charge in [-0.1, -0.05) is 0 Å². The number of rotatable bonds is 1. The van der Waals surface area contributed by atoms with Gasteiger partial charge in [0.2, 0.25) is 0 Å². The molecule has 0 aromatic heterocycles. The molecular weight excluding hydrogens is 90.0 g/mol. The van der Waals surface area contributed by atoms with Crippen molar-refractivity contribution >= 4 is 0 Å². The van der Waals surface area contributed by atoms with Crippen LogP contribution >= 0.6 is 0 Å². The van der Waals surface area contributed by atoms with Gasteiger partial charge in [0.25, 0.3) is 5.85 Å². The molecular formula is C3H5F2O. The van der Waals surface area contributed by atoms with Gasteiger partial charge in [0.15, 0.2) is 6.67 Å². The third kappa shape index (κ3) is 3.82. The zero-order chi connectivity index (χ0) is 5.21. The fraction of sp³-hybridized carbons (Fsp3) is 1.00. The Hall–Kier alpha value is -0.180. The van der Waals surface area contributed by atoms with E-state index in [1.54, 1.807) is 0 Å². The molecule has 0 aliphatic rings. The Labute approximate surface area is 34.6 Å². The fourth-order valence-corrected chi connectivity index (χ4v) is 0. The highest BCUT2D eigenvalue weighted by Gasteiger charge is 2.18. The van der Waals surface area contributed by atoms with E-state index in [0.717, 1.165) is 0 Å². The molecule has 0 saturated heterocycles. The van der Waals surface area contributed by atoms with E-state index in [1.807, 2.05) is 0 Å². The second kappa shape index (κ2) is 1.51. The molecule has 1 nitrogen and oxygen atoms in total. The lowest BCUT2D eigenvalue weighted by atomic mass is 10.4. The van der Waals surface area contributed by atoms with Crippen molar-refractivity contribution in [1.82, 2.24) is 0 Å². The van der Waals surface area contributed by atoms with Crippen molar-refractivity contribution in [3.8, 4) is 0 Å². The predicted molar refractivity (Wildman–Crippen MR) is 16.2 cm³/mol. The van der Waals surface area contributed by atoms with Gasteiger partial charge >= 0.3 is 0 Å². The van der Waals surface area contributed by atoms with Crippen LogP contribution in [0.2, 0.25) is 0 Å². The van der Waals surface area contributed by atoms with Crippen molar-refractivity contribution in [2.24, 2.45) is 0 Å². The Morgan fingerprint density at radius 2 is 2.00 bits per heavy atom. The lowest BCUT2D eigenvalue weighted by Crippen LogP contribution is -2.16. The quantitative estimate of drug-likeness (QED) is 0.464. The summed E-state index contributed by atoms with van der Waals surface area (Å²) in [6.45, 7) is -0.806. The standard InChI is InChI=1S/C3H5F2O/c1-3(5,6)2-4/h2H2,1H3/t3-/m1/s1. The molecule has 0 saturated carbocycles. The Bertz CT molecular complexity index is 38.5. The van der Waals surface area contributed by atoms with Gasteiger partial charge in [-0.2, -0.15) is 5.11 Å². The number of alkyl halides is 2. The first-order valence-electron chi connectivity index (χ1n) is 1.51. The third-order valence-electron chi connectivity index (χ3n) is 0.239. The first-order valence-corrected chi connectivity index (χ1v) is 1.51. The minimum atomic E-state index is -2.88. The molecule has 6 heavy (non-hydrogen) atoms. The van der Waals surface area contributed by atoms with Gasteiger partial charge in [0, 0.05) is 6.92 Å². The molecule has 1 radical (unpaired) electrons. The van der Waals surface area contributed by atoms with Crippen LogP contribution in [0.3, 0.4) is 0 Å². The second-order valence-electron chi connectivity index (χ2n) is 1.24. The van der Waals surface area contributed by atoms with Crippen LogP contribution in [0.1, 0.15) is 6.92 Å². The van der Waals surface area contributed by atoms with E-state index < -0.39 is 12.5 Å². The van der Waals surface area contributed by atoms with Crippen molar-refractivity contribution in [1.29, 1.82) is 0 Å². The van der Waals surface area contributed by atoms with Crippen LogP contribution in [-0.2, 0) is 5.11 Å². The summed E-state index contributed by atoms with van der Waals surface area (Å²) in [6, 6.07) is 0. The summed E-state index contributed by atoms with van der Waals surface area (Å²) in [6.07, 6.45) is 0. The summed E-state index contributed by atoms with van der Waals surface area (Å²) in [7, 11) is 0. The maximum atomic E-state index is 11.2. The first-order chi connectivity index (χ1) is 2.56. The minimum absolute atomic E-state index is 0.646. The van der Waals surface area contributed by atoms with Crippen LogP contribution in [0, 0.1) is 0 Å². The highest BCUT2D eigenvalue weighted by Crippen LogP contribution is 2.03. The predicted octanol–water partition coefficient (Wildman–Crippen LogP) is 1.07. The summed E-state index contributed by atoms with van der Waals surface area (Å²) < 4.78 is 22.0. The molecule has 1 atom stereocenters. The molecule has 0 aromatic carbocycles. The average molecular weight is 95.1 g/mol. The van der Waals surface area contributed by atoms with Crippen molar-refractivity contribution in [2.45, 2.75) is 12.8 Å². The van der Waals surface area contributed by atoms with Gasteiger partial charge in [-0.25, -0.2) is 8.78 Å². The summed E-state index contributed by atoms with van der Waals surface area (Å²) in [5.74, 6) is -2.88. The number of halogens is 2. The summed E-state index contributed by atoms with van der Waals surface area (Å²) in [4.78, 5) is 0. The van der Waals surface area contributed by atoms with Crippen LogP contribution in [0.25, 0.3) is 0 Å². The van der Waals surface area contributed by atoms with E-state index in [-0.39, 0.29) is 0 Å². The molecule has 0 fully saturated rings. The first kappa shape index (κ1) is 5.82. The number of hydrogen-bond acceptors (Lipinski definition) is 0. The highest BCUT2D eigenvalue weighted by atomic mass is 19.2. The zero-order valence-electron chi connectivity index (χ0n) is 3.37. The van der Waals surface area contributed by atoms with Crippen molar-refractivity contribution < 1.29 is 13.9 Å². The summed E-state index contributed by atoms with van der Waals surface area (Å²) >= 11 is 0. The SMILES string of the molecule is C[C@]([O])(F)CF. The Morgan fingerprint density at radius 3 is 2.00 bits per heavy atom. The zero-order valence-corrected chi connectivity index (χ0v) is 3.37. The molecule has 0 amide bonds. The van der Waals surface area contributed by atoms with E-state index >= 15 is 0 Å². The Balaban J connectivity index is 3.17. The molecule has 37 valence electrons. The monoisotopic (exact) mass is 95.0 g/mol. The molecule has 0 aliphatic heterocycles. The van der Waals surface area contributed by atoms with Gasteiger partial charge in [-0.05, 0) is 0 Å². The third-order valence-corrected chi connectivity index (χ3v) is 0.239. The van der Waals surface area contributed by atoms with Crippen LogP contribution in [0.4, 0.5) is 8.78 Å². The van der Waals surface area contributed by atoms with Gasteiger partial charge < -0.3 is 0 Å². The maximum Gasteiger partial charge on any atom is 0.266 e. The average Bonchev–Trinajstić information content (AvgIpc) is 1.35. The molecule has 3 heteroatoms. The van der Waals surface area contributed by atoms with Crippen molar-refractivity contribution in [3.63, 3.8) is 0 Å². The van der Waals surface area contributed by atoms with Crippen molar-refractivity contribution in [2.75, 3.05) is 6.67 Å². The van der Waals surface area contributed by atoms with E-state index in [9.17, 15) is 13.9 Å². The fourth-order valence-electron chi connectivity index (χ4n) is 0. The van der Waals surface area contributed by atoms with Gasteiger partial charge in [-0.15, -0.1) is 0 Å². The normalized spacial score (nSPS) is 20.0. The maximum absolute atomic E-state index is 11.2. The largest absolute Gasteiger partial charge is 0.266 e. The Kier molecular flexibility index (Phi) is 1.47. The molecule has 0 heterocycles. The van der Waals surface area contributed by atoms with Gasteiger partial charge in [0.1, 0.15) is 0 Å². The Morgan fingerprint density at radius 1 is 1.83 bits per heavy atom. The molecule has 0 unspecified atom stereocenters. The van der Waals surface area contributed by atoms with E-state index in [4.69, 9.17) is 0 Å². The van der Waals surface area contributed by atoms with E-state index in [1.165, 1.54) is 0 Å². The lowest BCUT2D eigenvalue weighted by Gasteiger charge is -1.99. The highest BCUT2D eigenvalue weighted by molar-refractivity contribution is 4.49. The van der Waals surface area contributed by atoms with E-state index in [0.29, 0.717) is 6.92 Å².